The number of methoxy groups -OCH3 is 1. The first-order valence-electron chi connectivity index (χ1n) is 8.23. The van der Waals surface area contributed by atoms with Crippen molar-refractivity contribution in [2.75, 3.05) is 20.7 Å². The summed E-state index contributed by atoms with van der Waals surface area (Å²) in [4.78, 5) is 2.62. The van der Waals surface area contributed by atoms with E-state index in [1.165, 1.54) is 45.1 Å². The van der Waals surface area contributed by atoms with Gasteiger partial charge in [0.25, 0.3) is 0 Å². The first kappa shape index (κ1) is 14.1. The third kappa shape index (κ3) is 1.93. The lowest BCUT2D eigenvalue weighted by atomic mass is 9.52. The van der Waals surface area contributed by atoms with Gasteiger partial charge in [0, 0.05) is 11.5 Å². The summed E-state index contributed by atoms with van der Waals surface area (Å²) in [7, 11) is 4.11. The number of hydrogen-bond acceptors (Lipinski definition) is 2. The third-order valence-electron chi connectivity index (χ3n) is 6.38. The molecule has 0 spiro atoms. The van der Waals surface area contributed by atoms with Gasteiger partial charge in [0.2, 0.25) is 0 Å². The zero-order valence-corrected chi connectivity index (χ0v) is 14.6. The van der Waals surface area contributed by atoms with Crippen molar-refractivity contribution in [1.29, 1.82) is 0 Å². The lowest BCUT2D eigenvalue weighted by Gasteiger charge is -2.58. The number of likely N-dealkylation sites (tertiary alicyclic amines) is 1. The molecule has 1 aromatic carbocycles. The van der Waals surface area contributed by atoms with Gasteiger partial charge in [-0.1, -0.05) is 12.8 Å². The van der Waals surface area contributed by atoms with Gasteiger partial charge in [-0.2, -0.15) is 0 Å². The van der Waals surface area contributed by atoms with E-state index < -0.39 is 0 Å². The highest BCUT2D eigenvalue weighted by Gasteiger charge is 2.53. The zero-order valence-electron chi connectivity index (χ0n) is 13.0. The molecule has 2 aliphatic carbocycles. The molecule has 21 heavy (non-hydrogen) atoms. The van der Waals surface area contributed by atoms with Gasteiger partial charge in [0.1, 0.15) is 5.75 Å². The molecule has 1 aromatic rings. The summed E-state index contributed by atoms with van der Waals surface area (Å²) >= 11 is 3.68. The molecule has 1 aliphatic heterocycles. The van der Waals surface area contributed by atoms with Crippen molar-refractivity contribution >= 4 is 15.9 Å². The lowest BCUT2D eigenvalue weighted by molar-refractivity contribution is 0.00271. The van der Waals surface area contributed by atoms with Gasteiger partial charge in [-0.05, 0) is 84.4 Å². The van der Waals surface area contributed by atoms with Crippen LogP contribution in [0.4, 0.5) is 0 Å². The van der Waals surface area contributed by atoms with Crippen molar-refractivity contribution < 1.29 is 4.74 Å². The first-order valence-corrected chi connectivity index (χ1v) is 9.02. The van der Waals surface area contributed by atoms with E-state index in [1.54, 1.807) is 18.2 Å². The molecule has 3 heteroatoms. The summed E-state index contributed by atoms with van der Waals surface area (Å²) in [5.74, 6) is 1.85. The molecule has 4 rings (SSSR count). The molecule has 2 nitrogen and oxygen atoms in total. The second-order valence-electron chi connectivity index (χ2n) is 7.15. The Morgan fingerprint density at radius 1 is 1.29 bits per heavy atom. The monoisotopic (exact) mass is 349 g/mol. The van der Waals surface area contributed by atoms with Crippen LogP contribution in [0.3, 0.4) is 0 Å². The molecule has 1 saturated heterocycles. The van der Waals surface area contributed by atoms with E-state index in [4.69, 9.17) is 4.74 Å². The molecule has 0 radical (unpaired) electrons. The number of piperidine rings is 1. The summed E-state index contributed by atoms with van der Waals surface area (Å²) in [5, 5.41) is 0. The number of benzene rings is 1. The second-order valence-corrected chi connectivity index (χ2v) is 8.01. The zero-order chi connectivity index (χ0) is 14.6. The fraction of sp³-hybridized carbons (Fsp3) is 0.667. The molecule has 3 atom stereocenters. The van der Waals surface area contributed by atoms with Crippen LogP contribution < -0.4 is 4.74 Å². The van der Waals surface area contributed by atoms with Crippen LogP contribution in [0.15, 0.2) is 16.6 Å². The van der Waals surface area contributed by atoms with Crippen LogP contribution in [-0.2, 0) is 11.8 Å². The third-order valence-corrected chi connectivity index (χ3v) is 7.00. The van der Waals surface area contributed by atoms with Gasteiger partial charge < -0.3 is 9.64 Å². The summed E-state index contributed by atoms with van der Waals surface area (Å²) < 4.78 is 6.70. The Morgan fingerprint density at radius 2 is 2.14 bits per heavy atom. The van der Waals surface area contributed by atoms with E-state index in [-0.39, 0.29) is 0 Å². The number of hydrogen-bond donors (Lipinski definition) is 0. The summed E-state index contributed by atoms with van der Waals surface area (Å²) in [5.41, 5.74) is 3.59. The van der Waals surface area contributed by atoms with E-state index in [9.17, 15) is 0 Å². The van der Waals surface area contributed by atoms with E-state index in [2.05, 4.69) is 40.0 Å². The van der Waals surface area contributed by atoms with Crippen LogP contribution in [0.25, 0.3) is 0 Å². The Hall–Kier alpha value is -0.540. The highest BCUT2D eigenvalue weighted by molar-refractivity contribution is 9.10. The molecular formula is C18H24BrNO. The van der Waals surface area contributed by atoms with Crippen LogP contribution >= 0.6 is 15.9 Å². The average molecular weight is 350 g/mol. The fourth-order valence-electron chi connectivity index (χ4n) is 5.36. The molecule has 3 aliphatic rings. The highest BCUT2D eigenvalue weighted by Crippen LogP contribution is 2.56. The van der Waals surface area contributed by atoms with Gasteiger partial charge in [-0.25, -0.2) is 0 Å². The largest absolute Gasteiger partial charge is 0.496 e. The van der Waals surface area contributed by atoms with Crippen molar-refractivity contribution in [2.45, 2.75) is 50.0 Å². The number of fused-ring (bicyclic) bond motifs is 1. The Bertz CT molecular complexity index is 573. The average Bonchev–Trinajstić information content (AvgIpc) is 2.50. The number of nitrogens with zero attached hydrogens (tertiary/aromatic N) is 1. The predicted molar refractivity (Wildman–Crippen MR) is 89.1 cm³/mol. The number of rotatable bonds is 1. The smallest absolute Gasteiger partial charge is 0.133 e. The van der Waals surface area contributed by atoms with Crippen LogP contribution in [0.2, 0.25) is 0 Å². The Morgan fingerprint density at radius 3 is 2.95 bits per heavy atom. The van der Waals surface area contributed by atoms with Crippen LogP contribution in [-0.4, -0.2) is 31.6 Å². The van der Waals surface area contributed by atoms with Gasteiger partial charge in [-0.3, -0.25) is 0 Å². The number of likely N-dealkylation sites (N-methyl/N-ethyl adjacent to an activating group) is 1. The van der Waals surface area contributed by atoms with E-state index in [1.807, 2.05) is 0 Å². The maximum Gasteiger partial charge on any atom is 0.133 e. The minimum Gasteiger partial charge on any atom is -0.496 e. The van der Waals surface area contributed by atoms with E-state index >= 15 is 0 Å². The van der Waals surface area contributed by atoms with Crippen LogP contribution in [0.1, 0.15) is 43.2 Å². The fourth-order valence-corrected chi connectivity index (χ4v) is 5.91. The Balaban J connectivity index is 1.90. The van der Waals surface area contributed by atoms with Crippen molar-refractivity contribution in [3.05, 3.63) is 27.7 Å². The topological polar surface area (TPSA) is 12.5 Å². The SMILES string of the molecule is COc1cc2c(cc1Br)C[C@@H]1[C@H]3CCCC[C@]23CCN1C. The predicted octanol–water partition coefficient (Wildman–Crippen LogP) is 4.15. The van der Waals surface area contributed by atoms with Crippen molar-refractivity contribution in [2.24, 2.45) is 5.92 Å². The lowest BCUT2D eigenvalue weighted by Crippen LogP contribution is -2.59. The maximum absolute atomic E-state index is 5.59. The number of ether oxygens (including phenoxy) is 1. The summed E-state index contributed by atoms with van der Waals surface area (Å²) in [6.45, 7) is 1.25. The highest BCUT2D eigenvalue weighted by atomic mass is 79.9. The summed E-state index contributed by atoms with van der Waals surface area (Å²) in [6.07, 6.45) is 8.13. The standard InChI is InChI=1S/C18H24BrNO/c1-20-8-7-18-6-4-3-5-13(18)16(20)10-12-9-15(19)17(21-2)11-14(12)18/h9,11,13,16H,3-8,10H2,1-2H3/t13-,16-,18-/m1/s1. The Kier molecular flexibility index (Phi) is 3.34. The molecular weight excluding hydrogens is 326 g/mol. The van der Waals surface area contributed by atoms with Crippen molar-refractivity contribution in [1.82, 2.24) is 4.90 Å². The van der Waals surface area contributed by atoms with Crippen LogP contribution in [0.5, 0.6) is 5.75 Å². The molecule has 0 N–H and O–H groups in total. The minimum absolute atomic E-state index is 0.428. The van der Waals surface area contributed by atoms with Crippen molar-refractivity contribution in [3.63, 3.8) is 0 Å². The summed E-state index contributed by atoms with van der Waals surface area (Å²) in [6, 6.07) is 5.42. The molecule has 114 valence electrons. The molecule has 1 heterocycles. The second kappa shape index (κ2) is 4.99. The Labute approximate surface area is 136 Å². The first-order chi connectivity index (χ1) is 10.2. The molecule has 0 aromatic heterocycles. The van der Waals surface area contributed by atoms with Gasteiger partial charge >= 0.3 is 0 Å². The molecule has 2 bridgehead atoms. The number of halogens is 1. The van der Waals surface area contributed by atoms with E-state index in [0.29, 0.717) is 5.41 Å². The van der Waals surface area contributed by atoms with Crippen LogP contribution in [0, 0.1) is 5.92 Å². The maximum atomic E-state index is 5.59. The molecule has 2 fully saturated rings. The quantitative estimate of drug-likeness (QED) is 0.755. The van der Waals surface area contributed by atoms with Crippen molar-refractivity contribution in [3.8, 4) is 5.75 Å². The van der Waals surface area contributed by atoms with Gasteiger partial charge in [-0.15, -0.1) is 0 Å². The molecule has 1 saturated carbocycles. The normalized spacial score (nSPS) is 35.0. The van der Waals surface area contributed by atoms with Gasteiger partial charge in [0.05, 0.1) is 11.6 Å². The molecule has 0 amide bonds. The van der Waals surface area contributed by atoms with E-state index in [0.717, 1.165) is 22.2 Å². The molecule has 0 unspecified atom stereocenters. The minimum atomic E-state index is 0.428. The van der Waals surface area contributed by atoms with Gasteiger partial charge in [0.15, 0.2) is 0 Å².